The fourth-order valence-electron chi connectivity index (χ4n) is 3.41. The molecule has 0 bridgehead atoms. The summed E-state index contributed by atoms with van der Waals surface area (Å²) in [5.74, 6) is 1.11. The first-order chi connectivity index (χ1) is 13.3. The van der Waals surface area contributed by atoms with E-state index in [0.29, 0.717) is 5.92 Å². The molecule has 4 heteroatoms. The third kappa shape index (κ3) is 4.09. The molecular weight excluding hydrogens is 354 g/mol. The summed E-state index contributed by atoms with van der Waals surface area (Å²) >= 11 is 6.09. The van der Waals surface area contributed by atoms with Crippen molar-refractivity contribution in [3.63, 3.8) is 0 Å². The molecule has 0 spiro atoms. The lowest BCUT2D eigenvalue weighted by Crippen LogP contribution is -2.11. The first-order valence-electron chi connectivity index (χ1n) is 9.07. The summed E-state index contributed by atoms with van der Waals surface area (Å²) in [4.78, 5) is 8.68. The van der Waals surface area contributed by atoms with Crippen LogP contribution in [0, 0.1) is 0 Å². The number of halogens is 1. The van der Waals surface area contributed by atoms with Crippen LogP contribution in [0.1, 0.15) is 23.5 Å². The van der Waals surface area contributed by atoms with E-state index >= 15 is 0 Å². The Morgan fingerprint density at radius 1 is 0.741 bits per heavy atom. The van der Waals surface area contributed by atoms with Crippen LogP contribution in [0.3, 0.4) is 0 Å². The van der Waals surface area contributed by atoms with Gasteiger partial charge in [-0.1, -0.05) is 72.8 Å². The van der Waals surface area contributed by atoms with Crippen molar-refractivity contribution in [2.24, 2.45) is 0 Å². The van der Waals surface area contributed by atoms with Gasteiger partial charge in [0, 0.05) is 17.8 Å². The molecule has 134 valence electrons. The minimum absolute atomic E-state index is 0.263. The van der Waals surface area contributed by atoms with Crippen LogP contribution >= 0.6 is 11.6 Å². The molecule has 27 heavy (non-hydrogen) atoms. The molecule has 0 fully saturated rings. The highest BCUT2D eigenvalue weighted by Gasteiger charge is 2.14. The van der Waals surface area contributed by atoms with Gasteiger partial charge in [0.1, 0.15) is 5.82 Å². The highest BCUT2D eigenvalue weighted by atomic mass is 35.5. The third-order valence-electron chi connectivity index (χ3n) is 4.71. The topological polar surface area (TPSA) is 37.8 Å². The molecule has 3 aromatic carbocycles. The summed E-state index contributed by atoms with van der Waals surface area (Å²) in [6.07, 6.45) is 0.948. The maximum atomic E-state index is 6.09. The van der Waals surface area contributed by atoms with Crippen LogP contribution in [0.4, 0.5) is 5.82 Å². The fourth-order valence-corrected chi connectivity index (χ4v) is 3.59. The van der Waals surface area contributed by atoms with E-state index in [1.807, 2.05) is 24.3 Å². The van der Waals surface area contributed by atoms with Gasteiger partial charge in [0.25, 0.3) is 0 Å². The zero-order valence-electron chi connectivity index (χ0n) is 14.8. The molecule has 0 aliphatic heterocycles. The molecule has 0 radical (unpaired) electrons. The summed E-state index contributed by atoms with van der Waals surface area (Å²) in [5.41, 5.74) is 3.48. The zero-order valence-corrected chi connectivity index (χ0v) is 15.6. The Morgan fingerprint density at radius 3 is 2.00 bits per heavy atom. The van der Waals surface area contributed by atoms with E-state index in [0.717, 1.165) is 29.7 Å². The van der Waals surface area contributed by atoms with Crippen LogP contribution in [0.2, 0.25) is 5.28 Å². The monoisotopic (exact) mass is 373 g/mol. The van der Waals surface area contributed by atoms with Gasteiger partial charge in [-0.3, -0.25) is 0 Å². The number of nitrogens with zero attached hydrogens (tertiary/aromatic N) is 2. The summed E-state index contributed by atoms with van der Waals surface area (Å²) in [7, 11) is 0. The van der Waals surface area contributed by atoms with Gasteiger partial charge in [-0.2, -0.15) is 0 Å². The average molecular weight is 374 g/mol. The molecule has 1 heterocycles. The predicted octanol–water partition coefficient (Wildman–Crippen LogP) is 5.92. The lowest BCUT2D eigenvalue weighted by atomic mass is 9.88. The molecule has 1 aromatic heterocycles. The lowest BCUT2D eigenvalue weighted by molar-refractivity contribution is 0.743. The van der Waals surface area contributed by atoms with Crippen LogP contribution in [0.25, 0.3) is 10.9 Å². The number of nitrogens with one attached hydrogen (secondary N) is 1. The molecule has 0 amide bonds. The predicted molar refractivity (Wildman–Crippen MR) is 112 cm³/mol. The maximum Gasteiger partial charge on any atom is 0.224 e. The molecule has 0 aliphatic rings. The van der Waals surface area contributed by atoms with Crippen LogP contribution in [-0.2, 0) is 0 Å². The molecule has 0 saturated heterocycles. The number of aromatic nitrogens is 2. The van der Waals surface area contributed by atoms with Gasteiger partial charge in [0.2, 0.25) is 5.28 Å². The number of fused-ring (bicyclic) bond motifs is 1. The second kappa shape index (κ2) is 8.19. The van der Waals surface area contributed by atoms with Crippen molar-refractivity contribution in [2.45, 2.75) is 12.3 Å². The molecule has 0 unspecified atom stereocenters. The van der Waals surface area contributed by atoms with Gasteiger partial charge in [-0.25, -0.2) is 9.97 Å². The Balaban J connectivity index is 1.56. The SMILES string of the molecule is Clc1nc(NCCC(c2ccccc2)c2ccccc2)c2ccccc2n1. The van der Waals surface area contributed by atoms with E-state index in [4.69, 9.17) is 11.6 Å². The smallest absolute Gasteiger partial charge is 0.224 e. The first-order valence-corrected chi connectivity index (χ1v) is 9.45. The number of para-hydroxylation sites is 1. The van der Waals surface area contributed by atoms with Crippen LogP contribution in [-0.4, -0.2) is 16.5 Å². The highest BCUT2D eigenvalue weighted by molar-refractivity contribution is 6.28. The summed E-state index contributed by atoms with van der Waals surface area (Å²) < 4.78 is 0. The van der Waals surface area contributed by atoms with Gasteiger partial charge in [0.05, 0.1) is 5.52 Å². The van der Waals surface area contributed by atoms with E-state index in [1.165, 1.54) is 11.1 Å². The Bertz CT molecular complexity index is 980. The lowest BCUT2D eigenvalue weighted by Gasteiger charge is -2.19. The molecule has 0 atom stereocenters. The van der Waals surface area contributed by atoms with Crippen molar-refractivity contribution in [1.29, 1.82) is 0 Å². The van der Waals surface area contributed by atoms with Crippen LogP contribution < -0.4 is 5.32 Å². The number of anilines is 1. The minimum atomic E-state index is 0.263. The summed E-state index contributed by atoms with van der Waals surface area (Å²) in [6, 6.07) is 29.1. The maximum absolute atomic E-state index is 6.09. The van der Waals surface area contributed by atoms with E-state index in [9.17, 15) is 0 Å². The van der Waals surface area contributed by atoms with E-state index in [1.54, 1.807) is 0 Å². The third-order valence-corrected chi connectivity index (χ3v) is 4.87. The Hall–Kier alpha value is -2.91. The average Bonchev–Trinajstić information content (AvgIpc) is 2.72. The molecule has 0 saturated carbocycles. The second-order valence-electron chi connectivity index (χ2n) is 6.45. The molecular formula is C23H20ClN3. The molecule has 0 aliphatic carbocycles. The van der Waals surface area contributed by atoms with E-state index in [2.05, 4.69) is 75.9 Å². The Morgan fingerprint density at radius 2 is 1.33 bits per heavy atom. The van der Waals surface area contributed by atoms with E-state index in [-0.39, 0.29) is 5.28 Å². The van der Waals surface area contributed by atoms with Crippen molar-refractivity contribution < 1.29 is 0 Å². The molecule has 1 N–H and O–H groups in total. The van der Waals surface area contributed by atoms with Crippen LogP contribution in [0.5, 0.6) is 0 Å². The molecule has 4 rings (SSSR count). The fraction of sp³-hybridized carbons (Fsp3) is 0.130. The van der Waals surface area contributed by atoms with Crippen molar-refractivity contribution in [3.8, 4) is 0 Å². The van der Waals surface area contributed by atoms with E-state index < -0.39 is 0 Å². The number of hydrogen-bond acceptors (Lipinski definition) is 3. The standard InChI is InChI=1S/C23H20ClN3/c24-23-26-21-14-8-7-13-20(21)22(27-23)25-16-15-19(17-9-3-1-4-10-17)18-11-5-2-6-12-18/h1-14,19H,15-16H2,(H,25,26,27). The molecule has 4 aromatic rings. The number of benzene rings is 3. The van der Waals surface area contributed by atoms with Gasteiger partial charge in [0.15, 0.2) is 0 Å². The second-order valence-corrected chi connectivity index (χ2v) is 6.79. The summed E-state index contributed by atoms with van der Waals surface area (Å²) in [5, 5.41) is 4.71. The Labute approximate surface area is 164 Å². The zero-order chi connectivity index (χ0) is 18.5. The Kier molecular flexibility index (Phi) is 5.31. The first kappa shape index (κ1) is 17.5. The van der Waals surface area contributed by atoms with Gasteiger partial charge < -0.3 is 5.32 Å². The highest BCUT2D eigenvalue weighted by Crippen LogP contribution is 2.28. The number of hydrogen-bond donors (Lipinski definition) is 1. The van der Waals surface area contributed by atoms with Gasteiger partial charge in [-0.15, -0.1) is 0 Å². The van der Waals surface area contributed by atoms with Crippen molar-refractivity contribution >= 4 is 28.3 Å². The molecule has 3 nitrogen and oxygen atoms in total. The van der Waals surface area contributed by atoms with Gasteiger partial charge >= 0.3 is 0 Å². The van der Waals surface area contributed by atoms with Gasteiger partial charge in [-0.05, 0) is 41.3 Å². The minimum Gasteiger partial charge on any atom is -0.369 e. The van der Waals surface area contributed by atoms with Crippen LogP contribution in [0.15, 0.2) is 84.9 Å². The normalized spacial score (nSPS) is 11.0. The summed E-state index contributed by atoms with van der Waals surface area (Å²) in [6.45, 7) is 0.784. The van der Waals surface area contributed by atoms with Crippen molar-refractivity contribution in [2.75, 3.05) is 11.9 Å². The van der Waals surface area contributed by atoms with Crippen molar-refractivity contribution in [1.82, 2.24) is 9.97 Å². The number of rotatable bonds is 6. The van der Waals surface area contributed by atoms with Crippen molar-refractivity contribution in [3.05, 3.63) is 101 Å². The quantitative estimate of drug-likeness (QED) is 0.426. The largest absolute Gasteiger partial charge is 0.369 e.